The van der Waals surface area contributed by atoms with Gasteiger partial charge in [0.2, 0.25) is 18.1 Å². The molecule has 216 valence electrons. The van der Waals surface area contributed by atoms with Crippen LogP contribution in [0.5, 0.6) is 0 Å². The van der Waals surface area contributed by atoms with Crippen LogP contribution in [0, 0.1) is 33.3 Å². The van der Waals surface area contributed by atoms with Crippen LogP contribution in [-0.2, 0) is 18.9 Å². The first-order valence-electron chi connectivity index (χ1n) is 14.0. The van der Waals surface area contributed by atoms with Gasteiger partial charge in [-0.05, 0) is 73.9 Å². The van der Waals surface area contributed by atoms with Crippen molar-refractivity contribution in [2.75, 3.05) is 6.54 Å². The number of carbonyl (C=O) groups is 2. The van der Waals surface area contributed by atoms with E-state index in [4.69, 9.17) is 9.31 Å². The Bertz CT molecular complexity index is 994. The van der Waals surface area contributed by atoms with Crippen LogP contribution in [-0.4, -0.2) is 65.6 Å². The zero-order chi connectivity index (χ0) is 28.5. The lowest BCUT2D eigenvalue weighted by Crippen LogP contribution is -2.65. The highest BCUT2D eigenvalue weighted by Crippen LogP contribution is 2.65. The van der Waals surface area contributed by atoms with Crippen molar-refractivity contribution in [2.24, 2.45) is 23.2 Å². The lowest BCUT2D eigenvalue weighted by molar-refractivity contribution is -0.627. The van der Waals surface area contributed by atoms with Crippen molar-refractivity contribution in [1.82, 2.24) is 26.5 Å². The maximum absolute atomic E-state index is 13.5. The summed E-state index contributed by atoms with van der Waals surface area (Å²) in [6.45, 7) is 15.0. The molecule has 5 fully saturated rings. The second-order valence-electron chi connectivity index (χ2n) is 12.4. The normalized spacial score (nSPS) is 31.8. The first-order chi connectivity index (χ1) is 18.4. The molecule has 4 N–H and O–H groups in total. The number of hydrazine groups is 2. The molecule has 0 aromatic rings. The van der Waals surface area contributed by atoms with E-state index in [1.807, 2.05) is 0 Å². The Morgan fingerprint density at radius 2 is 2.03 bits per heavy atom. The predicted octanol–water partition coefficient (Wildman–Crippen LogP) is 1.68. The molecule has 2 saturated heterocycles. The third kappa shape index (κ3) is 6.31. The van der Waals surface area contributed by atoms with E-state index in [1.54, 1.807) is 0 Å². The van der Waals surface area contributed by atoms with Gasteiger partial charge in [-0.15, -0.1) is 5.43 Å². The largest absolute Gasteiger partial charge is 0.481 e. The Balaban J connectivity index is 1.39. The quantitative estimate of drug-likeness (QED) is 0.0484. The monoisotopic (exact) mass is 546 g/mol. The maximum Gasteiger partial charge on any atom is 0.481 e. The molecule has 13 heteroatoms. The minimum atomic E-state index is -0.798. The number of rotatable bonds is 14. The summed E-state index contributed by atoms with van der Waals surface area (Å²) >= 11 is 0. The van der Waals surface area contributed by atoms with Crippen LogP contribution >= 0.6 is 0 Å². The fourth-order valence-corrected chi connectivity index (χ4v) is 6.65. The van der Waals surface area contributed by atoms with Gasteiger partial charge in [0.15, 0.2) is 5.03 Å². The summed E-state index contributed by atoms with van der Waals surface area (Å²) in [5.41, 5.74) is 2.41. The van der Waals surface area contributed by atoms with Crippen molar-refractivity contribution in [3.8, 4) is 0 Å². The van der Waals surface area contributed by atoms with E-state index in [0.29, 0.717) is 37.6 Å². The number of nitrogens with zero attached hydrogens (tertiary/aromatic N) is 2. The fourth-order valence-electron chi connectivity index (χ4n) is 6.65. The van der Waals surface area contributed by atoms with E-state index in [1.165, 1.54) is 18.2 Å². The lowest BCUT2D eigenvalue weighted by Gasteiger charge is -2.64. The summed E-state index contributed by atoms with van der Waals surface area (Å²) in [7, 11) is -0.561. The van der Waals surface area contributed by atoms with Gasteiger partial charge in [-0.25, -0.2) is 10.1 Å². The van der Waals surface area contributed by atoms with Crippen LogP contribution in [0.1, 0.15) is 66.7 Å². The zero-order valence-corrected chi connectivity index (χ0v) is 23.6. The van der Waals surface area contributed by atoms with Gasteiger partial charge < -0.3 is 19.9 Å². The van der Waals surface area contributed by atoms with Gasteiger partial charge in [0, 0.05) is 6.08 Å². The number of carbonyl (C=O) groups excluding carboxylic acids is 2. The topological polar surface area (TPSA) is 157 Å². The molecule has 5 rings (SSSR count). The number of amides is 2. The molecule has 39 heavy (non-hydrogen) atoms. The third-order valence-electron chi connectivity index (χ3n) is 8.98. The van der Waals surface area contributed by atoms with Crippen molar-refractivity contribution in [2.45, 2.75) is 96.7 Å². The Kier molecular flexibility index (Phi) is 8.75. The number of nitrogens with one attached hydrogen (secondary N) is 4. The molecule has 12 nitrogen and oxygen atoms in total. The second kappa shape index (κ2) is 11.6. The molecule has 0 spiro atoms. The van der Waals surface area contributed by atoms with E-state index in [0.717, 1.165) is 18.0 Å². The first-order valence-corrected chi connectivity index (χ1v) is 14.0. The summed E-state index contributed by atoms with van der Waals surface area (Å²) < 4.78 is 13.1. The average Bonchev–Trinajstić information content (AvgIpc) is 3.55. The second-order valence-corrected chi connectivity index (χ2v) is 12.4. The van der Waals surface area contributed by atoms with Crippen LogP contribution in [0.25, 0.3) is 0 Å². The predicted molar refractivity (Wildman–Crippen MR) is 146 cm³/mol. The SMILES string of the molecule is C=C/C=C/C(=O)N[C@@H](CCCNC1NN1[N+](=O)[O-])C(=O)N[C@@H](CC(C)C)B1O[C@@H]2C[C@@H]3C[C@@H](C3(C)C)[C@]2(C)O1. The molecule has 3 saturated carbocycles. The average molecular weight is 546 g/mol. The Hall–Kier alpha value is -2.48. The zero-order valence-electron chi connectivity index (χ0n) is 23.6. The van der Waals surface area contributed by atoms with Gasteiger partial charge in [-0.3, -0.25) is 14.9 Å². The Morgan fingerprint density at radius 1 is 1.28 bits per heavy atom. The van der Waals surface area contributed by atoms with Gasteiger partial charge in [0.1, 0.15) is 6.04 Å². The molecule has 7 atom stereocenters. The van der Waals surface area contributed by atoms with Crippen molar-refractivity contribution in [1.29, 1.82) is 0 Å². The lowest BCUT2D eigenvalue weighted by atomic mass is 9.43. The highest BCUT2D eigenvalue weighted by Gasteiger charge is 2.68. The molecule has 0 aromatic carbocycles. The van der Waals surface area contributed by atoms with Crippen LogP contribution in [0.2, 0.25) is 0 Å². The summed E-state index contributed by atoms with van der Waals surface area (Å²) in [4.78, 5) is 36.7. The highest BCUT2D eigenvalue weighted by atomic mass is 16.7. The molecule has 3 aliphatic carbocycles. The molecule has 2 amide bonds. The molecule has 2 heterocycles. The van der Waals surface area contributed by atoms with Gasteiger partial charge in [0.25, 0.3) is 0 Å². The third-order valence-corrected chi connectivity index (χ3v) is 8.98. The van der Waals surface area contributed by atoms with Gasteiger partial charge in [0.05, 0.1) is 17.6 Å². The molecule has 2 aliphatic heterocycles. The van der Waals surface area contributed by atoms with Crippen LogP contribution < -0.4 is 21.4 Å². The number of allylic oxidation sites excluding steroid dienone is 2. The van der Waals surface area contributed by atoms with Crippen LogP contribution in [0.15, 0.2) is 24.8 Å². The maximum atomic E-state index is 13.5. The number of hydrogen-bond acceptors (Lipinski definition) is 8. The molecular weight excluding hydrogens is 503 g/mol. The summed E-state index contributed by atoms with van der Waals surface area (Å²) in [5.74, 6) is 0.242. The van der Waals surface area contributed by atoms with Crippen LogP contribution in [0.3, 0.4) is 0 Å². The standard InChI is InChI=1S/C26H43BN6O6/c1-7-8-11-22(34)29-18(10-9-12-28-24-31-32(24)33(36)37)23(35)30-21(13-16(2)3)27-38-20-15-17-14-19(25(17,4)5)26(20,6)39-27/h7-8,11,16-21,24,28,31H,1,9-10,12-15H2,2-6H3,(H,29,34)(H,30,35)/b11-8+/t17-,18-,19-,20+,21-,24?,26-,32?/m0/s1. The molecule has 1 unspecified atom stereocenters. The summed E-state index contributed by atoms with van der Waals surface area (Å²) in [5, 5.41) is 20.0. The van der Waals surface area contributed by atoms with Gasteiger partial charge in [-0.1, -0.05) is 46.4 Å². The smallest absolute Gasteiger partial charge is 0.404 e. The van der Waals surface area contributed by atoms with Gasteiger partial charge in [-0.2, -0.15) is 0 Å². The Labute approximate surface area is 230 Å². The molecule has 0 radical (unpaired) electrons. The minimum absolute atomic E-state index is 0.00576. The highest BCUT2D eigenvalue weighted by molar-refractivity contribution is 6.48. The van der Waals surface area contributed by atoms with E-state index in [9.17, 15) is 19.7 Å². The van der Waals surface area contributed by atoms with Crippen molar-refractivity contribution in [3.05, 3.63) is 34.9 Å². The van der Waals surface area contributed by atoms with E-state index in [-0.39, 0.29) is 34.9 Å². The van der Waals surface area contributed by atoms with Gasteiger partial charge >= 0.3 is 7.12 Å². The van der Waals surface area contributed by atoms with E-state index >= 15 is 0 Å². The van der Waals surface area contributed by atoms with Crippen LogP contribution in [0.4, 0.5) is 0 Å². The van der Waals surface area contributed by atoms with Crippen molar-refractivity contribution in [3.63, 3.8) is 0 Å². The first kappa shape index (κ1) is 29.5. The fraction of sp³-hybridized carbons (Fsp3) is 0.769. The number of hydrogen-bond donors (Lipinski definition) is 4. The molecule has 0 aromatic heterocycles. The molecular formula is C26H43BN6O6. The van der Waals surface area contributed by atoms with E-state index in [2.05, 4.69) is 62.6 Å². The molecule has 5 aliphatic rings. The van der Waals surface area contributed by atoms with Crippen molar-refractivity contribution >= 4 is 18.9 Å². The van der Waals surface area contributed by atoms with Crippen molar-refractivity contribution < 1.29 is 23.9 Å². The summed E-state index contributed by atoms with van der Waals surface area (Å²) in [6, 6.07) is -0.798. The van der Waals surface area contributed by atoms with E-state index < -0.39 is 30.4 Å². The number of nitro groups is 1. The minimum Gasteiger partial charge on any atom is -0.404 e. The molecule has 2 bridgehead atoms. The summed E-state index contributed by atoms with van der Waals surface area (Å²) in [6.07, 6.45) is 7.42. The Morgan fingerprint density at radius 3 is 2.64 bits per heavy atom.